The number of nitrogens with one attached hydrogen (secondary N) is 1. The Morgan fingerprint density at radius 1 is 1.11 bits per heavy atom. The number of aromatic nitrogens is 3. The zero-order chi connectivity index (χ0) is 24.4. The van der Waals surface area contributed by atoms with Gasteiger partial charge in [0.1, 0.15) is 5.75 Å². The second-order valence-electron chi connectivity index (χ2n) is 7.54. The van der Waals surface area contributed by atoms with Crippen LogP contribution in [0.4, 0.5) is 11.4 Å². The maximum Gasteiger partial charge on any atom is 0.265 e. The van der Waals surface area contributed by atoms with Crippen LogP contribution < -0.4 is 19.9 Å². The van der Waals surface area contributed by atoms with Crippen molar-refractivity contribution < 1.29 is 19.5 Å². The molecule has 1 atom stereocenters. The van der Waals surface area contributed by atoms with E-state index in [0.29, 0.717) is 33.4 Å². The van der Waals surface area contributed by atoms with Crippen LogP contribution in [-0.2, 0) is 5.75 Å². The SMILES string of the molecule is COc1cc([C@H]2Nc3ccccc3-c3nnc(SCc4ccccc4)nc3O2)cc([N+](=O)[O-])c1[O-]. The average molecular weight is 489 g/mol. The quantitative estimate of drug-likeness (QED) is 0.237. The summed E-state index contributed by atoms with van der Waals surface area (Å²) in [6.07, 6.45) is -0.908. The molecule has 0 saturated heterocycles. The number of para-hydroxylation sites is 1. The fourth-order valence-electron chi connectivity index (χ4n) is 3.63. The van der Waals surface area contributed by atoms with Crippen LogP contribution in [0.1, 0.15) is 17.4 Å². The third-order valence-electron chi connectivity index (χ3n) is 5.32. The minimum absolute atomic E-state index is 0.155. The van der Waals surface area contributed by atoms with Crippen LogP contribution in [-0.4, -0.2) is 27.2 Å². The molecule has 0 fully saturated rings. The summed E-state index contributed by atoms with van der Waals surface area (Å²) < 4.78 is 11.3. The highest BCUT2D eigenvalue weighted by atomic mass is 32.2. The Labute approximate surface area is 204 Å². The second-order valence-corrected chi connectivity index (χ2v) is 8.48. The predicted octanol–water partition coefficient (Wildman–Crippen LogP) is 4.32. The molecule has 11 heteroatoms. The second kappa shape index (κ2) is 9.47. The van der Waals surface area contributed by atoms with E-state index in [1.807, 2.05) is 54.6 Å². The van der Waals surface area contributed by atoms with E-state index in [1.54, 1.807) is 0 Å². The van der Waals surface area contributed by atoms with Crippen molar-refractivity contribution in [3.63, 3.8) is 0 Å². The maximum atomic E-state index is 12.3. The monoisotopic (exact) mass is 488 g/mol. The van der Waals surface area contributed by atoms with E-state index in [1.165, 1.54) is 31.0 Å². The zero-order valence-electron chi connectivity index (χ0n) is 18.4. The minimum atomic E-state index is -0.908. The van der Waals surface area contributed by atoms with Crippen LogP contribution in [0.3, 0.4) is 0 Å². The molecule has 1 N–H and O–H groups in total. The summed E-state index contributed by atoms with van der Waals surface area (Å²) in [6, 6.07) is 19.9. The van der Waals surface area contributed by atoms with Crippen molar-refractivity contribution in [1.82, 2.24) is 15.2 Å². The third kappa shape index (κ3) is 4.53. The number of rotatable bonds is 6. The lowest BCUT2D eigenvalue weighted by atomic mass is 10.1. The van der Waals surface area contributed by atoms with E-state index in [4.69, 9.17) is 9.47 Å². The third-order valence-corrected chi connectivity index (χ3v) is 6.23. The molecule has 0 saturated carbocycles. The van der Waals surface area contributed by atoms with Gasteiger partial charge in [0.15, 0.2) is 11.9 Å². The first-order valence-electron chi connectivity index (χ1n) is 10.5. The first-order valence-corrected chi connectivity index (χ1v) is 11.5. The number of hydrogen-bond donors (Lipinski definition) is 1. The number of thioether (sulfide) groups is 1. The number of nitrogens with zero attached hydrogens (tertiary/aromatic N) is 4. The molecule has 0 bridgehead atoms. The molecule has 0 unspecified atom stereocenters. The van der Waals surface area contributed by atoms with Gasteiger partial charge in [-0.05, 0) is 17.7 Å². The van der Waals surface area contributed by atoms with E-state index in [9.17, 15) is 15.2 Å². The van der Waals surface area contributed by atoms with Gasteiger partial charge >= 0.3 is 0 Å². The Morgan fingerprint density at radius 3 is 2.66 bits per heavy atom. The smallest absolute Gasteiger partial charge is 0.265 e. The molecule has 1 aliphatic heterocycles. The molecule has 10 nitrogen and oxygen atoms in total. The summed E-state index contributed by atoms with van der Waals surface area (Å²) in [7, 11) is 1.28. The van der Waals surface area contributed by atoms with Gasteiger partial charge in [-0.1, -0.05) is 60.3 Å². The fourth-order valence-corrected chi connectivity index (χ4v) is 4.36. The minimum Gasteiger partial charge on any atom is -0.865 e. The van der Waals surface area contributed by atoms with Gasteiger partial charge in [0, 0.05) is 34.4 Å². The maximum absolute atomic E-state index is 12.3. The van der Waals surface area contributed by atoms with Crippen LogP contribution in [0.15, 0.2) is 71.9 Å². The molecule has 0 radical (unpaired) electrons. The summed E-state index contributed by atoms with van der Waals surface area (Å²) in [5.41, 5.74) is 2.65. The number of methoxy groups -OCH3 is 1. The van der Waals surface area contributed by atoms with Gasteiger partial charge in [-0.2, -0.15) is 4.98 Å². The Kier molecular flexibility index (Phi) is 6.06. The Morgan fingerprint density at radius 2 is 1.89 bits per heavy atom. The number of nitro benzene ring substituents is 1. The normalized spacial score (nSPS) is 14.0. The Balaban J connectivity index is 1.55. The fraction of sp³-hybridized carbons (Fsp3) is 0.125. The standard InChI is InChI=1S/C24H19N5O5S/c1-33-19-12-15(11-18(21(19)30)29(31)32)22-25-17-10-6-5-9-16(17)20-23(34-22)26-24(28-27-20)35-13-14-7-3-2-4-8-14/h2-12,22,25,30H,13H2,1H3/p-1/t22-/m0/s1. The van der Waals surface area contributed by atoms with Crippen LogP contribution >= 0.6 is 11.8 Å². The molecule has 1 aliphatic rings. The van der Waals surface area contributed by atoms with Crippen molar-refractivity contribution in [2.24, 2.45) is 0 Å². The highest BCUT2D eigenvalue weighted by Crippen LogP contribution is 2.42. The largest absolute Gasteiger partial charge is 0.865 e. The van der Waals surface area contributed by atoms with Crippen LogP contribution in [0, 0.1) is 10.1 Å². The molecule has 0 aliphatic carbocycles. The molecule has 35 heavy (non-hydrogen) atoms. The van der Waals surface area contributed by atoms with E-state index < -0.39 is 22.6 Å². The van der Waals surface area contributed by atoms with Crippen molar-refractivity contribution in [3.8, 4) is 28.6 Å². The Hall–Kier alpha value is -4.38. The highest BCUT2D eigenvalue weighted by Gasteiger charge is 2.28. The molecule has 0 spiro atoms. The molecule has 1 aromatic heterocycles. The number of fused-ring (bicyclic) bond motifs is 3. The topological polar surface area (TPSA) is 135 Å². The lowest BCUT2D eigenvalue weighted by Crippen LogP contribution is -2.18. The highest BCUT2D eigenvalue weighted by molar-refractivity contribution is 7.98. The molecule has 5 rings (SSSR count). The number of ether oxygens (including phenoxy) is 2. The summed E-state index contributed by atoms with van der Waals surface area (Å²) in [6.45, 7) is 0. The first kappa shape index (κ1) is 22.4. The summed E-state index contributed by atoms with van der Waals surface area (Å²) in [4.78, 5) is 15.3. The molecular weight excluding hydrogens is 470 g/mol. The van der Waals surface area contributed by atoms with Gasteiger partial charge in [0.25, 0.3) is 5.69 Å². The van der Waals surface area contributed by atoms with Gasteiger partial charge in [-0.3, -0.25) is 10.1 Å². The average Bonchev–Trinajstić information content (AvgIpc) is 3.04. The van der Waals surface area contributed by atoms with E-state index in [0.717, 1.165) is 5.56 Å². The Bertz CT molecular complexity index is 1400. The van der Waals surface area contributed by atoms with Gasteiger partial charge in [0.2, 0.25) is 11.0 Å². The van der Waals surface area contributed by atoms with Crippen molar-refractivity contribution in [2.75, 3.05) is 12.4 Å². The van der Waals surface area contributed by atoms with E-state index >= 15 is 0 Å². The van der Waals surface area contributed by atoms with Gasteiger partial charge in [-0.25, -0.2) is 0 Å². The summed E-state index contributed by atoms with van der Waals surface area (Å²) in [5, 5.41) is 36.1. The van der Waals surface area contributed by atoms with Crippen molar-refractivity contribution in [2.45, 2.75) is 17.1 Å². The molecule has 0 amide bonds. The van der Waals surface area contributed by atoms with Gasteiger partial charge < -0.3 is 19.9 Å². The zero-order valence-corrected chi connectivity index (χ0v) is 19.2. The number of hydrogen-bond acceptors (Lipinski definition) is 10. The number of nitro groups is 1. The molecule has 4 aromatic rings. The van der Waals surface area contributed by atoms with Crippen LogP contribution in [0.25, 0.3) is 11.3 Å². The van der Waals surface area contributed by atoms with Crippen LogP contribution in [0.2, 0.25) is 0 Å². The van der Waals surface area contributed by atoms with E-state index in [2.05, 4.69) is 20.5 Å². The lowest BCUT2D eigenvalue weighted by Gasteiger charge is -2.21. The number of anilines is 1. The molecule has 176 valence electrons. The predicted molar refractivity (Wildman–Crippen MR) is 127 cm³/mol. The van der Waals surface area contributed by atoms with Crippen molar-refractivity contribution in [3.05, 3.63) is 88.0 Å². The summed E-state index contributed by atoms with van der Waals surface area (Å²) >= 11 is 1.41. The van der Waals surface area contributed by atoms with Crippen molar-refractivity contribution in [1.29, 1.82) is 0 Å². The first-order chi connectivity index (χ1) is 17.0. The van der Waals surface area contributed by atoms with Crippen LogP contribution in [0.5, 0.6) is 17.4 Å². The van der Waals surface area contributed by atoms with E-state index in [-0.39, 0.29) is 11.6 Å². The molecule has 3 aromatic carbocycles. The van der Waals surface area contributed by atoms with Crippen molar-refractivity contribution >= 4 is 23.1 Å². The number of benzene rings is 3. The lowest BCUT2D eigenvalue weighted by molar-refractivity contribution is -0.398. The van der Waals surface area contributed by atoms with Gasteiger partial charge in [-0.15, -0.1) is 10.2 Å². The summed E-state index contributed by atoms with van der Waals surface area (Å²) in [5.74, 6) is -0.101. The van der Waals surface area contributed by atoms with Gasteiger partial charge in [0.05, 0.1) is 12.0 Å². The molecule has 2 heterocycles. The molecular formula is C24H18N5O5S-.